The molecule has 1 N–H and O–H groups in total. The molecule has 1 saturated heterocycles. The molecule has 1 aromatic rings. The molecular formula is C17H23NO3. The first kappa shape index (κ1) is 14.5. The molecular weight excluding hydrogens is 266 g/mol. The summed E-state index contributed by atoms with van der Waals surface area (Å²) in [5.74, 6) is 1.20. The number of rotatable bonds is 6. The SMILES string of the molecule is O=C(CCc1ccc2c(c1)CCO2)COC1CCNCC1. The van der Waals surface area contributed by atoms with Crippen molar-refractivity contribution in [3.63, 3.8) is 0 Å². The Morgan fingerprint density at radius 2 is 2.19 bits per heavy atom. The summed E-state index contributed by atoms with van der Waals surface area (Å²) in [7, 11) is 0. The maximum atomic E-state index is 11.9. The van der Waals surface area contributed by atoms with Crippen LogP contribution in [0.15, 0.2) is 18.2 Å². The molecule has 0 saturated carbocycles. The van der Waals surface area contributed by atoms with Crippen molar-refractivity contribution < 1.29 is 14.3 Å². The highest BCUT2D eigenvalue weighted by Crippen LogP contribution is 2.26. The van der Waals surface area contributed by atoms with Crippen molar-refractivity contribution in [3.8, 4) is 5.75 Å². The summed E-state index contributed by atoms with van der Waals surface area (Å²) in [6, 6.07) is 6.25. The lowest BCUT2D eigenvalue weighted by atomic mass is 10.0. The van der Waals surface area contributed by atoms with Gasteiger partial charge in [-0.1, -0.05) is 12.1 Å². The van der Waals surface area contributed by atoms with Crippen LogP contribution in [0.5, 0.6) is 5.75 Å². The molecule has 114 valence electrons. The van der Waals surface area contributed by atoms with E-state index in [1.807, 2.05) is 6.07 Å². The van der Waals surface area contributed by atoms with Crippen LogP contribution in [0.25, 0.3) is 0 Å². The van der Waals surface area contributed by atoms with Crippen LogP contribution < -0.4 is 10.1 Å². The second-order valence-electron chi connectivity index (χ2n) is 5.84. The van der Waals surface area contributed by atoms with Gasteiger partial charge in [-0.05, 0) is 49.5 Å². The molecule has 0 bridgehead atoms. The van der Waals surface area contributed by atoms with Crippen LogP contribution in [0.2, 0.25) is 0 Å². The summed E-state index contributed by atoms with van der Waals surface area (Å²) in [5, 5.41) is 3.29. The molecule has 0 amide bonds. The van der Waals surface area contributed by atoms with Crippen LogP contribution >= 0.6 is 0 Å². The maximum absolute atomic E-state index is 11.9. The van der Waals surface area contributed by atoms with E-state index in [0.29, 0.717) is 6.42 Å². The highest BCUT2D eigenvalue weighted by Gasteiger charge is 2.15. The van der Waals surface area contributed by atoms with Crippen LogP contribution in [0.1, 0.15) is 30.4 Å². The molecule has 0 unspecified atom stereocenters. The zero-order valence-electron chi connectivity index (χ0n) is 12.4. The molecule has 0 atom stereocenters. The van der Waals surface area contributed by atoms with E-state index in [1.165, 1.54) is 11.1 Å². The second kappa shape index (κ2) is 7.05. The number of carbonyl (C=O) groups is 1. The fourth-order valence-electron chi connectivity index (χ4n) is 2.92. The van der Waals surface area contributed by atoms with Gasteiger partial charge in [0.15, 0.2) is 5.78 Å². The molecule has 2 heterocycles. The first-order chi connectivity index (χ1) is 10.3. The van der Waals surface area contributed by atoms with Crippen LogP contribution in [0.4, 0.5) is 0 Å². The topological polar surface area (TPSA) is 47.6 Å². The van der Waals surface area contributed by atoms with Gasteiger partial charge in [0.2, 0.25) is 0 Å². The van der Waals surface area contributed by atoms with Gasteiger partial charge in [-0.2, -0.15) is 0 Å². The standard InChI is InChI=1S/C17H23NO3/c19-15(12-21-16-5-8-18-9-6-16)3-1-13-2-4-17-14(11-13)7-10-20-17/h2,4,11,16,18H,1,3,5-10,12H2. The second-order valence-corrected chi connectivity index (χ2v) is 5.84. The number of aryl methyl sites for hydroxylation is 1. The van der Waals surface area contributed by atoms with E-state index in [2.05, 4.69) is 17.4 Å². The van der Waals surface area contributed by atoms with Gasteiger partial charge in [0.25, 0.3) is 0 Å². The number of fused-ring (bicyclic) bond motifs is 1. The minimum atomic E-state index is 0.199. The summed E-state index contributed by atoms with van der Waals surface area (Å²) in [6.45, 7) is 3.03. The van der Waals surface area contributed by atoms with Gasteiger partial charge < -0.3 is 14.8 Å². The summed E-state index contributed by atoms with van der Waals surface area (Å²) in [4.78, 5) is 11.9. The molecule has 2 aliphatic rings. The molecule has 4 nitrogen and oxygen atoms in total. The van der Waals surface area contributed by atoms with E-state index in [1.54, 1.807) is 0 Å². The Morgan fingerprint density at radius 1 is 1.33 bits per heavy atom. The van der Waals surface area contributed by atoms with Gasteiger partial charge in [-0.25, -0.2) is 0 Å². The quantitative estimate of drug-likeness (QED) is 0.869. The third kappa shape index (κ3) is 4.05. The number of Topliss-reactive ketones (excluding diaryl/α,β-unsaturated/α-hetero) is 1. The smallest absolute Gasteiger partial charge is 0.158 e. The lowest BCUT2D eigenvalue weighted by Gasteiger charge is -2.22. The molecule has 0 aliphatic carbocycles. The predicted molar refractivity (Wildman–Crippen MR) is 80.8 cm³/mol. The zero-order chi connectivity index (χ0) is 14.5. The van der Waals surface area contributed by atoms with Gasteiger partial charge in [0.05, 0.1) is 12.7 Å². The van der Waals surface area contributed by atoms with E-state index in [0.717, 1.165) is 51.1 Å². The maximum Gasteiger partial charge on any atom is 0.158 e. The van der Waals surface area contributed by atoms with Crippen molar-refractivity contribution in [1.82, 2.24) is 5.32 Å². The highest BCUT2D eigenvalue weighted by molar-refractivity contribution is 5.79. The average molecular weight is 289 g/mol. The van der Waals surface area contributed by atoms with Gasteiger partial charge >= 0.3 is 0 Å². The summed E-state index contributed by atoms with van der Waals surface area (Å²) in [6.07, 6.45) is 4.62. The number of ether oxygens (including phenoxy) is 2. The van der Waals surface area contributed by atoms with Crippen LogP contribution in [-0.2, 0) is 22.4 Å². The molecule has 1 fully saturated rings. The number of piperidine rings is 1. The number of hydrogen-bond acceptors (Lipinski definition) is 4. The molecule has 0 aromatic heterocycles. The third-order valence-corrected chi connectivity index (χ3v) is 4.21. The van der Waals surface area contributed by atoms with Crippen molar-refractivity contribution >= 4 is 5.78 Å². The fourth-order valence-corrected chi connectivity index (χ4v) is 2.92. The molecule has 3 rings (SSSR count). The predicted octanol–water partition coefficient (Wildman–Crippen LogP) is 1.89. The van der Waals surface area contributed by atoms with Gasteiger partial charge in [-0.15, -0.1) is 0 Å². The minimum absolute atomic E-state index is 0.199. The van der Waals surface area contributed by atoms with Gasteiger partial charge in [0, 0.05) is 12.8 Å². The van der Waals surface area contributed by atoms with E-state index in [9.17, 15) is 4.79 Å². The zero-order valence-corrected chi connectivity index (χ0v) is 12.4. The molecule has 21 heavy (non-hydrogen) atoms. The lowest BCUT2D eigenvalue weighted by molar-refractivity contribution is -0.126. The Labute approximate surface area is 125 Å². The Morgan fingerprint density at radius 3 is 3.05 bits per heavy atom. The number of carbonyl (C=O) groups excluding carboxylic acids is 1. The normalized spacial score (nSPS) is 18.3. The van der Waals surface area contributed by atoms with Crippen LogP contribution in [-0.4, -0.2) is 38.2 Å². The van der Waals surface area contributed by atoms with Crippen molar-refractivity contribution in [3.05, 3.63) is 29.3 Å². The molecule has 4 heteroatoms. The van der Waals surface area contributed by atoms with Crippen molar-refractivity contribution in [2.45, 2.75) is 38.2 Å². The monoisotopic (exact) mass is 289 g/mol. The Bertz CT molecular complexity index is 495. The Kier molecular flexibility index (Phi) is 4.88. The van der Waals surface area contributed by atoms with E-state index in [4.69, 9.17) is 9.47 Å². The number of hydrogen-bond donors (Lipinski definition) is 1. The van der Waals surface area contributed by atoms with Gasteiger partial charge in [-0.3, -0.25) is 4.79 Å². The lowest BCUT2D eigenvalue weighted by Crippen LogP contribution is -2.33. The summed E-state index contributed by atoms with van der Waals surface area (Å²) >= 11 is 0. The largest absolute Gasteiger partial charge is 0.493 e. The molecule has 0 spiro atoms. The number of ketones is 1. The number of nitrogens with one attached hydrogen (secondary N) is 1. The fraction of sp³-hybridized carbons (Fsp3) is 0.588. The summed E-state index contributed by atoms with van der Waals surface area (Å²) < 4.78 is 11.2. The van der Waals surface area contributed by atoms with E-state index < -0.39 is 0 Å². The molecule has 1 aromatic carbocycles. The Hall–Kier alpha value is -1.39. The Balaban J connectivity index is 1.41. The molecule has 2 aliphatic heterocycles. The van der Waals surface area contributed by atoms with E-state index >= 15 is 0 Å². The highest BCUT2D eigenvalue weighted by atomic mass is 16.5. The average Bonchev–Trinajstić information content (AvgIpc) is 2.99. The molecule has 0 radical (unpaired) electrons. The van der Waals surface area contributed by atoms with Gasteiger partial charge in [0.1, 0.15) is 12.4 Å². The minimum Gasteiger partial charge on any atom is -0.493 e. The first-order valence-corrected chi connectivity index (χ1v) is 7.90. The van der Waals surface area contributed by atoms with Crippen molar-refractivity contribution in [1.29, 1.82) is 0 Å². The van der Waals surface area contributed by atoms with Crippen LogP contribution in [0, 0.1) is 0 Å². The number of benzene rings is 1. The third-order valence-electron chi connectivity index (χ3n) is 4.21. The van der Waals surface area contributed by atoms with E-state index in [-0.39, 0.29) is 18.5 Å². The summed E-state index contributed by atoms with van der Waals surface area (Å²) in [5.41, 5.74) is 2.49. The van der Waals surface area contributed by atoms with Crippen molar-refractivity contribution in [2.24, 2.45) is 0 Å². The first-order valence-electron chi connectivity index (χ1n) is 7.90. The van der Waals surface area contributed by atoms with Crippen molar-refractivity contribution in [2.75, 3.05) is 26.3 Å². The van der Waals surface area contributed by atoms with Crippen LogP contribution in [0.3, 0.4) is 0 Å².